The first-order valence-corrected chi connectivity index (χ1v) is 8.91. The first kappa shape index (κ1) is 18.3. The summed E-state index contributed by atoms with van der Waals surface area (Å²) in [6.07, 6.45) is 1.44. The quantitative estimate of drug-likeness (QED) is 0.747. The Morgan fingerprint density at radius 3 is 2.88 bits per heavy atom. The highest BCUT2D eigenvalue weighted by Crippen LogP contribution is 2.39. The van der Waals surface area contributed by atoms with Gasteiger partial charge in [-0.15, -0.1) is 0 Å². The molecule has 1 aliphatic rings. The van der Waals surface area contributed by atoms with Gasteiger partial charge in [-0.2, -0.15) is 0 Å². The number of carbonyl (C=O) groups excluding carboxylic acids is 1. The van der Waals surface area contributed by atoms with Gasteiger partial charge >= 0.3 is 0 Å². The Morgan fingerprint density at radius 2 is 2.19 bits per heavy atom. The number of aromatic amines is 1. The summed E-state index contributed by atoms with van der Waals surface area (Å²) in [5.41, 5.74) is 2.38. The monoisotopic (exact) mass is 418 g/mol. The van der Waals surface area contributed by atoms with Crippen molar-refractivity contribution in [2.45, 2.75) is 26.5 Å². The van der Waals surface area contributed by atoms with Gasteiger partial charge < -0.3 is 19.8 Å². The average molecular weight is 419 g/mol. The molecule has 136 valence electrons. The fraction of sp³-hybridized carbons (Fsp3) is 0.263. The van der Waals surface area contributed by atoms with Crippen LogP contribution in [-0.2, 0) is 6.54 Å². The fourth-order valence-corrected chi connectivity index (χ4v) is 3.30. The molecular weight excluding hydrogens is 400 g/mol. The molecule has 0 bridgehead atoms. The van der Waals surface area contributed by atoms with E-state index in [-0.39, 0.29) is 24.1 Å². The Kier molecular flexibility index (Phi) is 5.18. The van der Waals surface area contributed by atoms with Gasteiger partial charge in [0, 0.05) is 23.4 Å². The highest BCUT2D eigenvalue weighted by molar-refractivity contribution is 9.10. The van der Waals surface area contributed by atoms with Crippen molar-refractivity contribution in [2.24, 2.45) is 0 Å². The smallest absolute Gasteiger partial charge is 0.253 e. The van der Waals surface area contributed by atoms with Crippen LogP contribution in [0.15, 0.2) is 40.1 Å². The third-order valence-corrected chi connectivity index (χ3v) is 4.72. The van der Waals surface area contributed by atoms with Gasteiger partial charge in [0.25, 0.3) is 11.5 Å². The maximum atomic E-state index is 12.5. The zero-order valence-corrected chi connectivity index (χ0v) is 16.1. The van der Waals surface area contributed by atoms with Gasteiger partial charge in [0.15, 0.2) is 17.6 Å². The van der Waals surface area contributed by atoms with Crippen LogP contribution in [0.2, 0.25) is 0 Å². The van der Waals surface area contributed by atoms with Gasteiger partial charge in [-0.25, -0.2) is 0 Å². The lowest BCUT2D eigenvalue weighted by Gasteiger charge is -2.25. The average Bonchev–Trinajstić information content (AvgIpc) is 2.60. The predicted octanol–water partition coefficient (Wildman–Crippen LogP) is 3.01. The van der Waals surface area contributed by atoms with Gasteiger partial charge in [-0.1, -0.05) is 6.58 Å². The van der Waals surface area contributed by atoms with E-state index in [2.05, 4.69) is 32.8 Å². The molecule has 0 radical (unpaired) electrons. The molecule has 2 heterocycles. The van der Waals surface area contributed by atoms with E-state index >= 15 is 0 Å². The zero-order valence-electron chi connectivity index (χ0n) is 14.5. The number of carbonyl (C=O) groups is 1. The first-order valence-electron chi connectivity index (χ1n) is 8.12. The van der Waals surface area contributed by atoms with Gasteiger partial charge in [-0.05, 0) is 59.6 Å². The van der Waals surface area contributed by atoms with Crippen LogP contribution in [0.1, 0.15) is 27.2 Å². The molecule has 2 aromatic rings. The van der Waals surface area contributed by atoms with E-state index in [9.17, 15) is 9.59 Å². The lowest BCUT2D eigenvalue weighted by atomic mass is 10.1. The van der Waals surface area contributed by atoms with E-state index in [0.29, 0.717) is 33.7 Å². The van der Waals surface area contributed by atoms with Gasteiger partial charge in [-0.3, -0.25) is 9.59 Å². The molecule has 0 spiro atoms. The zero-order chi connectivity index (χ0) is 18.8. The number of benzene rings is 1. The maximum Gasteiger partial charge on any atom is 0.253 e. The fourth-order valence-electron chi connectivity index (χ4n) is 2.77. The second-order valence-electron chi connectivity index (χ2n) is 6.11. The second kappa shape index (κ2) is 7.37. The molecule has 0 saturated carbocycles. The standard InChI is InChI=1S/C19H19BrN2O4/c1-4-13-9-25-16-7-12(6-15(20)17(16)26-13)18(23)21-8-14-10(2)5-11(3)22-19(14)24/h4-7,13H,1,8-9H2,2-3H3,(H,21,23)(H,22,24). The number of hydrogen-bond donors (Lipinski definition) is 2. The van der Waals surface area contributed by atoms with Crippen LogP contribution in [0.5, 0.6) is 11.5 Å². The molecule has 1 atom stereocenters. The Labute approximate surface area is 159 Å². The van der Waals surface area contributed by atoms with Crippen LogP contribution < -0.4 is 20.3 Å². The normalized spacial score (nSPS) is 15.4. The van der Waals surface area contributed by atoms with Crippen molar-refractivity contribution in [3.8, 4) is 11.5 Å². The SMILES string of the molecule is C=CC1COc2cc(C(=O)NCc3c(C)cc(C)[nH]c3=O)cc(Br)c2O1. The third kappa shape index (κ3) is 3.67. The molecule has 1 aliphatic heterocycles. The van der Waals surface area contributed by atoms with Crippen molar-refractivity contribution in [1.82, 2.24) is 10.3 Å². The summed E-state index contributed by atoms with van der Waals surface area (Å²) in [7, 11) is 0. The van der Waals surface area contributed by atoms with E-state index in [4.69, 9.17) is 9.47 Å². The molecule has 1 aromatic carbocycles. The van der Waals surface area contributed by atoms with E-state index in [1.807, 2.05) is 19.9 Å². The number of rotatable bonds is 4. The molecule has 0 saturated heterocycles. The van der Waals surface area contributed by atoms with Crippen molar-refractivity contribution in [1.29, 1.82) is 0 Å². The molecule has 7 heteroatoms. The van der Waals surface area contributed by atoms with Crippen LogP contribution >= 0.6 is 15.9 Å². The number of H-pyrrole nitrogens is 1. The minimum atomic E-state index is -0.303. The summed E-state index contributed by atoms with van der Waals surface area (Å²) in [5, 5.41) is 2.78. The Bertz CT molecular complexity index is 936. The van der Waals surface area contributed by atoms with Gasteiger partial charge in [0.05, 0.1) is 4.47 Å². The number of hydrogen-bond acceptors (Lipinski definition) is 4. The predicted molar refractivity (Wildman–Crippen MR) is 102 cm³/mol. The summed E-state index contributed by atoms with van der Waals surface area (Å²) in [5.74, 6) is 0.734. The third-order valence-electron chi connectivity index (χ3n) is 4.13. The van der Waals surface area contributed by atoms with Crippen molar-refractivity contribution >= 4 is 21.8 Å². The van der Waals surface area contributed by atoms with E-state index < -0.39 is 0 Å². The van der Waals surface area contributed by atoms with Crippen LogP contribution in [-0.4, -0.2) is 23.6 Å². The van der Waals surface area contributed by atoms with E-state index in [1.54, 1.807) is 18.2 Å². The minimum absolute atomic E-state index is 0.144. The minimum Gasteiger partial charge on any atom is -0.485 e. The molecular formula is C19H19BrN2O4. The summed E-state index contributed by atoms with van der Waals surface area (Å²) < 4.78 is 12.0. The number of fused-ring (bicyclic) bond motifs is 1. The molecule has 1 aromatic heterocycles. The first-order chi connectivity index (χ1) is 12.4. The van der Waals surface area contributed by atoms with Crippen LogP contribution in [0, 0.1) is 13.8 Å². The number of nitrogens with one attached hydrogen (secondary N) is 2. The molecule has 1 unspecified atom stereocenters. The molecule has 2 N–H and O–H groups in total. The van der Waals surface area contributed by atoms with Crippen molar-refractivity contribution in [2.75, 3.05) is 6.61 Å². The number of amides is 1. The molecule has 1 amide bonds. The van der Waals surface area contributed by atoms with E-state index in [0.717, 1.165) is 11.3 Å². The summed E-state index contributed by atoms with van der Waals surface area (Å²) in [4.78, 5) is 27.3. The number of pyridine rings is 1. The number of halogens is 1. The second-order valence-corrected chi connectivity index (χ2v) is 6.97. The lowest BCUT2D eigenvalue weighted by Crippen LogP contribution is -2.29. The van der Waals surface area contributed by atoms with Crippen molar-refractivity contribution in [3.63, 3.8) is 0 Å². The maximum absolute atomic E-state index is 12.5. The summed E-state index contributed by atoms with van der Waals surface area (Å²) >= 11 is 3.41. The van der Waals surface area contributed by atoms with Crippen LogP contribution in [0.3, 0.4) is 0 Å². The Morgan fingerprint density at radius 1 is 1.42 bits per heavy atom. The molecule has 6 nitrogen and oxygen atoms in total. The highest BCUT2D eigenvalue weighted by atomic mass is 79.9. The summed E-state index contributed by atoms with van der Waals surface area (Å²) in [6.45, 7) is 7.84. The molecule has 3 rings (SSSR count). The Balaban J connectivity index is 1.78. The number of aryl methyl sites for hydroxylation is 2. The number of ether oxygens (including phenoxy) is 2. The largest absolute Gasteiger partial charge is 0.485 e. The van der Waals surface area contributed by atoms with E-state index in [1.165, 1.54) is 0 Å². The molecule has 0 aliphatic carbocycles. The van der Waals surface area contributed by atoms with Crippen LogP contribution in [0.25, 0.3) is 0 Å². The van der Waals surface area contributed by atoms with Gasteiger partial charge in [0.1, 0.15) is 6.61 Å². The van der Waals surface area contributed by atoms with Crippen molar-refractivity contribution < 1.29 is 14.3 Å². The molecule has 26 heavy (non-hydrogen) atoms. The van der Waals surface area contributed by atoms with Crippen molar-refractivity contribution in [3.05, 3.63) is 68.1 Å². The molecule has 0 fully saturated rings. The Hall–Kier alpha value is -2.54. The van der Waals surface area contributed by atoms with Crippen LogP contribution in [0.4, 0.5) is 0 Å². The number of aromatic nitrogens is 1. The topological polar surface area (TPSA) is 80.4 Å². The van der Waals surface area contributed by atoms with Gasteiger partial charge in [0.2, 0.25) is 0 Å². The lowest BCUT2D eigenvalue weighted by molar-refractivity contribution is 0.0947. The summed E-state index contributed by atoms with van der Waals surface area (Å²) in [6, 6.07) is 5.16. The highest BCUT2D eigenvalue weighted by Gasteiger charge is 2.23.